The van der Waals surface area contributed by atoms with Gasteiger partial charge >= 0.3 is 0 Å². The molecule has 0 aromatic heterocycles. The summed E-state index contributed by atoms with van der Waals surface area (Å²) in [7, 11) is -2.38. The maximum atomic E-state index is 10.7. The molecule has 3 nitrogen and oxygen atoms in total. The molecule has 13 heavy (non-hydrogen) atoms. The summed E-state index contributed by atoms with van der Waals surface area (Å²) in [6.07, 6.45) is 0. The standard InChI is InChI=1S/C9H13NO2S/c1-7(13(11)12)9-4-2-8(6-10)3-5-9/h2-5,7,13H,6,10H2,1H3. The lowest BCUT2D eigenvalue weighted by Gasteiger charge is -2.04. The van der Waals surface area contributed by atoms with Crippen molar-refractivity contribution in [1.82, 2.24) is 0 Å². The van der Waals surface area contributed by atoms with E-state index in [0.29, 0.717) is 6.54 Å². The largest absolute Gasteiger partial charge is 0.326 e. The van der Waals surface area contributed by atoms with Crippen LogP contribution in [0.2, 0.25) is 0 Å². The van der Waals surface area contributed by atoms with Crippen LogP contribution in [0.5, 0.6) is 0 Å². The summed E-state index contributed by atoms with van der Waals surface area (Å²) < 4.78 is 21.3. The predicted octanol–water partition coefficient (Wildman–Crippen LogP) is 0.818. The molecule has 0 spiro atoms. The van der Waals surface area contributed by atoms with Gasteiger partial charge in [0, 0.05) is 6.54 Å². The molecule has 0 aliphatic carbocycles. The summed E-state index contributed by atoms with van der Waals surface area (Å²) in [4.78, 5) is 0. The molecule has 1 rings (SSSR count). The Bertz CT molecular complexity index is 335. The lowest BCUT2D eigenvalue weighted by atomic mass is 10.1. The zero-order valence-electron chi connectivity index (χ0n) is 7.43. The second-order valence-electron chi connectivity index (χ2n) is 2.91. The molecule has 0 bridgehead atoms. The molecule has 2 N–H and O–H groups in total. The van der Waals surface area contributed by atoms with E-state index >= 15 is 0 Å². The SMILES string of the molecule is CC(c1ccc(CN)cc1)[SH](=O)=O. The van der Waals surface area contributed by atoms with Gasteiger partial charge in [-0.05, 0) is 18.1 Å². The number of nitrogens with two attached hydrogens (primary N) is 1. The highest BCUT2D eigenvalue weighted by molar-refractivity contribution is 7.72. The Morgan fingerprint density at radius 3 is 2.23 bits per heavy atom. The minimum atomic E-state index is -2.38. The minimum Gasteiger partial charge on any atom is -0.326 e. The van der Waals surface area contributed by atoms with Crippen molar-refractivity contribution >= 4 is 10.7 Å². The lowest BCUT2D eigenvalue weighted by Crippen LogP contribution is -1.98. The normalized spacial score (nSPS) is 13.2. The number of hydrogen-bond acceptors (Lipinski definition) is 3. The summed E-state index contributed by atoms with van der Waals surface area (Å²) in [5.41, 5.74) is 7.24. The topological polar surface area (TPSA) is 60.2 Å². The van der Waals surface area contributed by atoms with Gasteiger partial charge in [-0.1, -0.05) is 24.3 Å². The molecule has 1 aromatic carbocycles. The summed E-state index contributed by atoms with van der Waals surface area (Å²) in [6.45, 7) is 2.15. The third kappa shape index (κ3) is 2.54. The molecule has 1 unspecified atom stereocenters. The Labute approximate surface area is 79.5 Å². The van der Waals surface area contributed by atoms with Crippen molar-refractivity contribution in [3.05, 3.63) is 35.4 Å². The van der Waals surface area contributed by atoms with E-state index in [1.807, 2.05) is 12.1 Å². The number of hydrogen-bond donors (Lipinski definition) is 2. The first kappa shape index (κ1) is 10.2. The number of thiol groups is 1. The fraction of sp³-hybridized carbons (Fsp3) is 0.333. The van der Waals surface area contributed by atoms with E-state index in [1.165, 1.54) is 0 Å². The van der Waals surface area contributed by atoms with Crippen molar-refractivity contribution in [2.75, 3.05) is 0 Å². The average Bonchev–Trinajstić information content (AvgIpc) is 2.17. The Morgan fingerprint density at radius 2 is 1.85 bits per heavy atom. The fourth-order valence-corrected chi connectivity index (χ4v) is 1.47. The van der Waals surface area contributed by atoms with Crippen molar-refractivity contribution in [3.63, 3.8) is 0 Å². The van der Waals surface area contributed by atoms with E-state index in [2.05, 4.69) is 0 Å². The molecular formula is C9H13NO2S. The van der Waals surface area contributed by atoms with E-state index in [1.54, 1.807) is 19.1 Å². The fourth-order valence-electron chi connectivity index (χ4n) is 1.05. The second-order valence-corrected chi connectivity index (χ2v) is 4.25. The molecule has 0 aliphatic heterocycles. The average molecular weight is 199 g/mol. The van der Waals surface area contributed by atoms with Crippen LogP contribution >= 0.6 is 0 Å². The first-order valence-corrected chi connectivity index (χ1v) is 5.32. The lowest BCUT2D eigenvalue weighted by molar-refractivity contribution is 0.606. The van der Waals surface area contributed by atoms with Gasteiger partial charge in [-0.2, -0.15) is 0 Å². The molecule has 0 aliphatic rings. The maximum Gasteiger partial charge on any atom is 0.146 e. The van der Waals surface area contributed by atoms with Gasteiger partial charge < -0.3 is 5.73 Å². The third-order valence-corrected chi connectivity index (χ3v) is 2.94. The highest BCUT2D eigenvalue weighted by Gasteiger charge is 2.06. The zero-order valence-corrected chi connectivity index (χ0v) is 8.33. The van der Waals surface area contributed by atoms with Gasteiger partial charge in [0.1, 0.15) is 10.7 Å². The van der Waals surface area contributed by atoms with Crippen LogP contribution in [0.1, 0.15) is 23.3 Å². The molecule has 0 saturated carbocycles. The van der Waals surface area contributed by atoms with Crippen molar-refractivity contribution in [2.24, 2.45) is 5.73 Å². The first-order chi connectivity index (χ1) is 6.15. The Morgan fingerprint density at radius 1 is 1.31 bits per heavy atom. The molecule has 0 saturated heterocycles. The third-order valence-electron chi connectivity index (χ3n) is 2.01. The van der Waals surface area contributed by atoms with E-state index in [-0.39, 0.29) is 0 Å². The van der Waals surface area contributed by atoms with Crippen LogP contribution in [-0.4, -0.2) is 8.42 Å². The van der Waals surface area contributed by atoms with Gasteiger partial charge in [0.25, 0.3) is 0 Å². The van der Waals surface area contributed by atoms with Gasteiger partial charge in [-0.25, -0.2) is 8.42 Å². The van der Waals surface area contributed by atoms with E-state index < -0.39 is 16.0 Å². The highest BCUT2D eigenvalue weighted by atomic mass is 32.2. The molecular weight excluding hydrogens is 186 g/mol. The molecule has 0 fully saturated rings. The summed E-state index contributed by atoms with van der Waals surface area (Å²) in [5, 5.41) is -0.415. The minimum absolute atomic E-state index is 0.415. The van der Waals surface area contributed by atoms with Gasteiger partial charge in [0.15, 0.2) is 0 Å². The molecule has 0 radical (unpaired) electrons. The van der Waals surface area contributed by atoms with Gasteiger partial charge in [0.05, 0.1) is 5.25 Å². The van der Waals surface area contributed by atoms with Crippen molar-refractivity contribution in [3.8, 4) is 0 Å². The maximum absolute atomic E-state index is 10.7. The Balaban J connectivity index is 2.92. The van der Waals surface area contributed by atoms with Crippen LogP contribution in [0, 0.1) is 0 Å². The van der Waals surface area contributed by atoms with Crippen molar-refractivity contribution in [1.29, 1.82) is 0 Å². The number of benzene rings is 1. The summed E-state index contributed by atoms with van der Waals surface area (Å²) >= 11 is 0. The highest BCUT2D eigenvalue weighted by Crippen LogP contribution is 2.15. The monoisotopic (exact) mass is 199 g/mol. The van der Waals surface area contributed by atoms with E-state index in [9.17, 15) is 8.42 Å². The zero-order chi connectivity index (χ0) is 9.84. The smallest absolute Gasteiger partial charge is 0.146 e. The van der Waals surface area contributed by atoms with Crippen LogP contribution in [0.4, 0.5) is 0 Å². The molecule has 1 aromatic rings. The Hall–Kier alpha value is -0.870. The summed E-state index contributed by atoms with van der Waals surface area (Å²) in [5.74, 6) is 0. The van der Waals surface area contributed by atoms with E-state index in [4.69, 9.17) is 5.73 Å². The molecule has 4 heteroatoms. The van der Waals surface area contributed by atoms with Gasteiger partial charge in [-0.3, -0.25) is 0 Å². The van der Waals surface area contributed by atoms with E-state index in [0.717, 1.165) is 11.1 Å². The van der Waals surface area contributed by atoms with Gasteiger partial charge in [0.2, 0.25) is 0 Å². The van der Waals surface area contributed by atoms with Crippen LogP contribution in [0.3, 0.4) is 0 Å². The molecule has 1 atom stereocenters. The second kappa shape index (κ2) is 4.39. The first-order valence-electron chi connectivity index (χ1n) is 4.07. The van der Waals surface area contributed by atoms with Crippen molar-refractivity contribution in [2.45, 2.75) is 18.7 Å². The van der Waals surface area contributed by atoms with Crippen molar-refractivity contribution < 1.29 is 8.42 Å². The molecule has 0 heterocycles. The van der Waals surface area contributed by atoms with Crippen LogP contribution in [0.25, 0.3) is 0 Å². The quantitative estimate of drug-likeness (QED) is 0.708. The molecule has 0 amide bonds. The molecule has 72 valence electrons. The van der Waals surface area contributed by atoms with Crippen LogP contribution < -0.4 is 5.73 Å². The Kier molecular flexibility index (Phi) is 3.45. The predicted molar refractivity (Wildman–Crippen MR) is 53.1 cm³/mol. The number of rotatable bonds is 3. The summed E-state index contributed by atoms with van der Waals surface area (Å²) in [6, 6.07) is 7.31. The van der Waals surface area contributed by atoms with Gasteiger partial charge in [-0.15, -0.1) is 0 Å². The van der Waals surface area contributed by atoms with Crippen LogP contribution in [-0.2, 0) is 17.2 Å². The van der Waals surface area contributed by atoms with Crippen LogP contribution in [0.15, 0.2) is 24.3 Å².